The van der Waals surface area contributed by atoms with Crippen LogP contribution in [0.15, 0.2) is 77.5 Å². The van der Waals surface area contributed by atoms with Gasteiger partial charge in [-0.2, -0.15) is 5.10 Å². The Hall–Kier alpha value is -4.20. The van der Waals surface area contributed by atoms with Crippen molar-refractivity contribution in [3.8, 4) is 17.1 Å². The first-order valence-electron chi connectivity index (χ1n) is 9.77. The van der Waals surface area contributed by atoms with Crippen LogP contribution >= 0.6 is 0 Å². The molecule has 2 aromatic heterocycles. The number of rotatable bonds is 7. The molecular weight excluding hydrogens is 394 g/mol. The van der Waals surface area contributed by atoms with Gasteiger partial charge in [0.05, 0.1) is 24.3 Å². The summed E-state index contributed by atoms with van der Waals surface area (Å²) < 4.78 is 7.39. The lowest BCUT2D eigenvalue weighted by molar-refractivity contribution is -0.123. The Morgan fingerprint density at radius 1 is 1.00 bits per heavy atom. The first-order chi connectivity index (χ1) is 15.1. The molecule has 2 heterocycles. The number of aromatic nitrogens is 3. The number of oxazole rings is 1. The van der Waals surface area contributed by atoms with Crippen LogP contribution in [0.4, 0.5) is 5.69 Å². The number of benzene rings is 2. The second kappa shape index (κ2) is 9.08. The average molecular weight is 415 g/mol. The fourth-order valence-electron chi connectivity index (χ4n) is 3.01. The van der Waals surface area contributed by atoms with Gasteiger partial charge in [-0.1, -0.05) is 18.2 Å². The molecule has 0 saturated heterocycles. The fraction of sp³-hybridized carbons (Fsp3) is 0.130. The van der Waals surface area contributed by atoms with Gasteiger partial charge in [0.1, 0.15) is 5.76 Å². The Morgan fingerprint density at radius 3 is 2.48 bits per heavy atom. The van der Waals surface area contributed by atoms with E-state index >= 15 is 0 Å². The second-order valence-corrected chi connectivity index (χ2v) is 6.89. The van der Waals surface area contributed by atoms with E-state index in [1.54, 1.807) is 29.9 Å². The summed E-state index contributed by atoms with van der Waals surface area (Å²) in [6, 6.07) is 18.6. The smallest absolute Gasteiger partial charge is 0.243 e. The molecule has 0 aliphatic rings. The van der Waals surface area contributed by atoms with Gasteiger partial charge in [0.2, 0.25) is 17.7 Å². The van der Waals surface area contributed by atoms with E-state index in [0.717, 1.165) is 11.3 Å². The van der Waals surface area contributed by atoms with E-state index in [0.29, 0.717) is 23.0 Å². The first kappa shape index (κ1) is 20.1. The van der Waals surface area contributed by atoms with Crippen LogP contribution in [-0.2, 0) is 16.0 Å². The van der Waals surface area contributed by atoms with Crippen LogP contribution in [0.3, 0.4) is 0 Å². The molecule has 31 heavy (non-hydrogen) atoms. The maximum atomic E-state index is 12.3. The Labute approximate surface area is 178 Å². The third-order valence-electron chi connectivity index (χ3n) is 4.61. The molecule has 156 valence electrons. The summed E-state index contributed by atoms with van der Waals surface area (Å²) in [4.78, 5) is 28.8. The minimum atomic E-state index is -0.318. The van der Waals surface area contributed by atoms with Crippen molar-refractivity contribution < 1.29 is 14.0 Å². The fourth-order valence-corrected chi connectivity index (χ4v) is 3.01. The average Bonchev–Trinajstić information content (AvgIpc) is 3.44. The van der Waals surface area contributed by atoms with Crippen LogP contribution in [0.2, 0.25) is 0 Å². The number of aryl methyl sites for hydroxylation is 1. The minimum absolute atomic E-state index is 0.0357. The lowest BCUT2D eigenvalue weighted by Crippen LogP contribution is -2.33. The van der Waals surface area contributed by atoms with Gasteiger partial charge in [0, 0.05) is 23.6 Å². The Balaban J connectivity index is 1.28. The summed E-state index contributed by atoms with van der Waals surface area (Å²) in [5, 5.41) is 9.52. The predicted octanol–water partition coefficient (Wildman–Crippen LogP) is 3.13. The SMILES string of the molecule is Cc1oc(-c2ccccc2)nc1CC(=O)NCC(=O)Nc1ccc(-n2cccn2)cc1. The Bertz CT molecular complexity index is 1170. The van der Waals surface area contributed by atoms with Crippen molar-refractivity contribution in [3.63, 3.8) is 0 Å². The molecule has 4 aromatic rings. The number of hydrogen-bond donors (Lipinski definition) is 2. The van der Waals surface area contributed by atoms with Gasteiger partial charge in [0.15, 0.2) is 0 Å². The molecular formula is C23H21N5O3. The van der Waals surface area contributed by atoms with Crippen LogP contribution in [0.25, 0.3) is 17.1 Å². The van der Waals surface area contributed by atoms with E-state index in [1.165, 1.54) is 0 Å². The highest BCUT2D eigenvalue weighted by molar-refractivity contribution is 5.94. The number of carbonyl (C=O) groups excluding carboxylic acids is 2. The van der Waals surface area contributed by atoms with E-state index in [4.69, 9.17) is 4.42 Å². The number of nitrogens with zero attached hydrogens (tertiary/aromatic N) is 3. The quantitative estimate of drug-likeness (QED) is 0.483. The molecule has 8 heteroatoms. The molecule has 8 nitrogen and oxygen atoms in total. The minimum Gasteiger partial charge on any atom is -0.441 e. The molecule has 2 amide bonds. The number of amides is 2. The van der Waals surface area contributed by atoms with Crippen molar-refractivity contribution >= 4 is 17.5 Å². The summed E-state index contributed by atoms with van der Waals surface area (Å²) in [7, 11) is 0. The van der Waals surface area contributed by atoms with Gasteiger partial charge in [-0.3, -0.25) is 9.59 Å². The van der Waals surface area contributed by atoms with E-state index in [2.05, 4.69) is 20.7 Å². The number of nitrogens with one attached hydrogen (secondary N) is 2. The molecule has 0 spiro atoms. The van der Waals surface area contributed by atoms with E-state index in [1.807, 2.05) is 54.7 Å². The molecule has 2 N–H and O–H groups in total. The third-order valence-corrected chi connectivity index (χ3v) is 4.61. The molecule has 0 unspecified atom stereocenters. The van der Waals surface area contributed by atoms with Crippen molar-refractivity contribution in [3.05, 3.63) is 84.5 Å². The maximum Gasteiger partial charge on any atom is 0.243 e. The summed E-state index contributed by atoms with van der Waals surface area (Å²) in [5.74, 6) is 0.426. The molecule has 0 atom stereocenters. The van der Waals surface area contributed by atoms with Crippen molar-refractivity contribution in [2.75, 3.05) is 11.9 Å². The maximum absolute atomic E-state index is 12.3. The standard InChI is InChI=1S/C23H21N5O3/c1-16-20(27-23(31-16)17-6-3-2-4-7-17)14-21(29)24-15-22(30)26-18-8-10-19(11-9-18)28-13-5-12-25-28/h2-13H,14-15H2,1H3,(H,24,29)(H,26,30). The normalized spacial score (nSPS) is 10.6. The van der Waals surface area contributed by atoms with Crippen LogP contribution in [0.5, 0.6) is 0 Å². The van der Waals surface area contributed by atoms with Crippen molar-refractivity contribution in [2.45, 2.75) is 13.3 Å². The molecule has 0 saturated carbocycles. The topological polar surface area (TPSA) is 102 Å². The highest BCUT2D eigenvalue weighted by Crippen LogP contribution is 2.21. The zero-order chi connectivity index (χ0) is 21.6. The van der Waals surface area contributed by atoms with Crippen molar-refractivity contribution in [2.24, 2.45) is 0 Å². The van der Waals surface area contributed by atoms with Gasteiger partial charge in [0.25, 0.3) is 0 Å². The molecule has 0 fully saturated rings. The summed E-state index contributed by atoms with van der Waals surface area (Å²) >= 11 is 0. The van der Waals surface area contributed by atoms with Crippen molar-refractivity contribution in [1.29, 1.82) is 0 Å². The van der Waals surface area contributed by atoms with Gasteiger partial charge < -0.3 is 15.1 Å². The lowest BCUT2D eigenvalue weighted by atomic mass is 10.2. The zero-order valence-corrected chi connectivity index (χ0v) is 16.9. The number of carbonyl (C=O) groups is 2. The number of hydrogen-bond acceptors (Lipinski definition) is 5. The van der Waals surface area contributed by atoms with E-state index in [-0.39, 0.29) is 24.8 Å². The van der Waals surface area contributed by atoms with Gasteiger partial charge >= 0.3 is 0 Å². The monoisotopic (exact) mass is 415 g/mol. The van der Waals surface area contributed by atoms with Crippen LogP contribution < -0.4 is 10.6 Å². The summed E-state index contributed by atoms with van der Waals surface area (Å²) in [6.45, 7) is 1.63. The lowest BCUT2D eigenvalue weighted by Gasteiger charge is -2.08. The number of anilines is 1. The summed E-state index contributed by atoms with van der Waals surface area (Å²) in [6.07, 6.45) is 3.57. The van der Waals surface area contributed by atoms with E-state index in [9.17, 15) is 9.59 Å². The van der Waals surface area contributed by atoms with Crippen LogP contribution in [0.1, 0.15) is 11.5 Å². The Kier molecular flexibility index (Phi) is 5.89. The molecule has 0 radical (unpaired) electrons. The van der Waals surface area contributed by atoms with Gasteiger partial charge in [-0.15, -0.1) is 0 Å². The molecule has 0 aliphatic heterocycles. The zero-order valence-electron chi connectivity index (χ0n) is 16.9. The predicted molar refractivity (Wildman–Crippen MR) is 116 cm³/mol. The highest BCUT2D eigenvalue weighted by Gasteiger charge is 2.15. The van der Waals surface area contributed by atoms with Gasteiger partial charge in [-0.25, -0.2) is 9.67 Å². The van der Waals surface area contributed by atoms with E-state index < -0.39 is 0 Å². The first-order valence-corrected chi connectivity index (χ1v) is 9.77. The third kappa shape index (κ3) is 5.05. The van der Waals surface area contributed by atoms with Crippen LogP contribution in [0, 0.1) is 6.92 Å². The molecule has 2 aromatic carbocycles. The molecule has 4 rings (SSSR count). The largest absolute Gasteiger partial charge is 0.441 e. The second-order valence-electron chi connectivity index (χ2n) is 6.89. The van der Waals surface area contributed by atoms with Crippen molar-refractivity contribution in [1.82, 2.24) is 20.1 Å². The molecule has 0 aliphatic carbocycles. The molecule has 0 bridgehead atoms. The Morgan fingerprint density at radius 2 is 1.77 bits per heavy atom. The van der Waals surface area contributed by atoms with Crippen LogP contribution in [-0.4, -0.2) is 33.1 Å². The van der Waals surface area contributed by atoms with Gasteiger partial charge in [-0.05, 0) is 49.4 Å². The summed E-state index contributed by atoms with van der Waals surface area (Å²) in [5.41, 5.74) is 2.91. The highest BCUT2D eigenvalue weighted by atomic mass is 16.4.